The van der Waals surface area contributed by atoms with E-state index in [0.717, 1.165) is 5.56 Å². The summed E-state index contributed by atoms with van der Waals surface area (Å²) in [6.07, 6.45) is 6.52. The first-order chi connectivity index (χ1) is 5.65. The Balaban J connectivity index is 3.34. The summed E-state index contributed by atoms with van der Waals surface area (Å²) < 4.78 is 0. The number of terminal acetylenes is 1. The molecule has 0 spiro atoms. The molecule has 0 bridgehead atoms. The first kappa shape index (κ1) is 8.21. The zero-order valence-corrected chi connectivity index (χ0v) is 6.44. The van der Waals surface area contributed by atoms with Crippen molar-refractivity contribution >= 4 is 5.69 Å². The summed E-state index contributed by atoms with van der Waals surface area (Å²) in [6, 6.07) is 1.40. The van der Waals surface area contributed by atoms with Crippen LogP contribution in [0.2, 0.25) is 0 Å². The van der Waals surface area contributed by atoms with Crippen molar-refractivity contribution in [2.45, 2.75) is 6.92 Å². The summed E-state index contributed by atoms with van der Waals surface area (Å²) in [7, 11) is 0. The predicted octanol–water partition coefficient (Wildman–Crippen LogP) is 1.28. The molecule has 0 aliphatic carbocycles. The highest BCUT2D eigenvalue weighted by atomic mass is 16.6. The van der Waals surface area contributed by atoms with Crippen molar-refractivity contribution in [2.24, 2.45) is 0 Å². The Morgan fingerprint density at radius 2 is 2.42 bits per heavy atom. The van der Waals surface area contributed by atoms with Crippen LogP contribution in [0.1, 0.15) is 11.3 Å². The molecule has 0 aromatic carbocycles. The van der Waals surface area contributed by atoms with Crippen molar-refractivity contribution in [3.05, 3.63) is 33.6 Å². The molecule has 0 fully saturated rings. The molecule has 0 atom stereocenters. The molecule has 0 aliphatic rings. The van der Waals surface area contributed by atoms with E-state index in [1.807, 2.05) is 0 Å². The highest BCUT2D eigenvalue weighted by molar-refractivity contribution is 5.46. The summed E-state index contributed by atoms with van der Waals surface area (Å²) in [5, 5.41) is 10.4. The molecule has 12 heavy (non-hydrogen) atoms. The maximum atomic E-state index is 10.4. The van der Waals surface area contributed by atoms with E-state index >= 15 is 0 Å². The molecule has 0 radical (unpaired) electrons. The number of rotatable bonds is 1. The maximum absolute atomic E-state index is 10.4. The van der Waals surface area contributed by atoms with Crippen LogP contribution in [0.3, 0.4) is 0 Å². The standard InChI is InChI=1S/C8H6N2O2/c1-3-7-8(10(11)12)4-6(2)5-9-7/h1,4-5H,2H3. The van der Waals surface area contributed by atoms with Gasteiger partial charge in [0.2, 0.25) is 0 Å². The summed E-state index contributed by atoms with van der Waals surface area (Å²) in [5.74, 6) is 2.15. The Kier molecular flexibility index (Phi) is 2.06. The van der Waals surface area contributed by atoms with Crippen LogP contribution in [0.15, 0.2) is 12.3 Å². The third-order valence-electron chi connectivity index (χ3n) is 1.34. The molecule has 1 heterocycles. The third-order valence-corrected chi connectivity index (χ3v) is 1.34. The van der Waals surface area contributed by atoms with E-state index in [-0.39, 0.29) is 11.4 Å². The van der Waals surface area contributed by atoms with Gasteiger partial charge in [0.15, 0.2) is 5.69 Å². The molecule has 0 saturated heterocycles. The van der Waals surface area contributed by atoms with Crippen LogP contribution in [-0.2, 0) is 0 Å². The van der Waals surface area contributed by atoms with E-state index in [9.17, 15) is 10.1 Å². The quantitative estimate of drug-likeness (QED) is 0.355. The van der Waals surface area contributed by atoms with Crippen LogP contribution in [0.5, 0.6) is 0 Å². The fourth-order valence-corrected chi connectivity index (χ4v) is 0.804. The molecule has 1 rings (SSSR count). The molecule has 0 aliphatic heterocycles. The first-order valence-electron chi connectivity index (χ1n) is 3.23. The second kappa shape index (κ2) is 3.01. The Hall–Kier alpha value is -1.89. The average Bonchev–Trinajstić information content (AvgIpc) is 2.04. The van der Waals surface area contributed by atoms with Gasteiger partial charge >= 0.3 is 5.69 Å². The molecule has 4 heteroatoms. The van der Waals surface area contributed by atoms with Gasteiger partial charge in [-0.2, -0.15) is 0 Å². The lowest BCUT2D eigenvalue weighted by atomic mass is 10.2. The zero-order chi connectivity index (χ0) is 9.14. The van der Waals surface area contributed by atoms with Crippen LogP contribution in [0.4, 0.5) is 5.69 Å². The predicted molar refractivity (Wildman–Crippen MR) is 43.6 cm³/mol. The minimum absolute atomic E-state index is 0.0746. The Morgan fingerprint density at radius 3 is 2.92 bits per heavy atom. The highest BCUT2D eigenvalue weighted by Gasteiger charge is 2.12. The van der Waals surface area contributed by atoms with Crippen molar-refractivity contribution < 1.29 is 4.92 Å². The molecule has 1 aromatic heterocycles. The number of pyridine rings is 1. The van der Waals surface area contributed by atoms with Gasteiger partial charge in [-0.25, -0.2) is 4.98 Å². The third kappa shape index (κ3) is 1.40. The largest absolute Gasteiger partial charge is 0.303 e. The topological polar surface area (TPSA) is 56.0 Å². The summed E-state index contributed by atoms with van der Waals surface area (Å²) in [6.45, 7) is 1.72. The number of nitrogens with zero attached hydrogens (tertiary/aromatic N) is 2. The van der Waals surface area contributed by atoms with Crippen molar-refractivity contribution in [1.82, 2.24) is 4.98 Å². The number of hydrogen-bond acceptors (Lipinski definition) is 3. The van der Waals surface area contributed by atoms with E-state index in [4.69, 9.17) is 6.42 Å². The van der Waals surface area contributed by atoms with Crippen molar-refractivity contribution in [3.63, 3.8) is 0 Å². The number of aromatic nitrogens is 1. The highest BCUT2D eigenvalue weighted by Crippen LogP contribution is 2.15. The molecule has 60 valence electrons. The van der Waals surface area contributed by atoms with Gasteiger partial charge in [-0.3, -0.25) is 10.1 Å². The second-order valence-corrected chi connectivity index (χ2v) is 2.28. The Morgan fingerprint density at radius 1 is 1.75 bits per heavy atom. The first-order valence-corrected chi connectivity index (χ1v) is 3.23. The van der Waals surface area contributed by atoms with Gasteiger partial charge < -0.3 is 0 Å². The summed E-state index contributed by atoms with van der Waals surface area (Å²) in [5.41, 5.74) is 0.684. The van der Waals surface area contributed by atoms with Gasteiger partial charge in [0, 0.05) is 12.3 Å². The fourth-order valence-electron chi connectivity index (χ4n) is 0.804. The van der Waals surface area contributed by atoms with Crippen LogP contribution >= 0.6 is 0 Å². The van der Waals surface area contributed by atoms with Crippen LogP contribution in [0.25, 0.3) is 0 Å². The van der Waals surface area contributed by atoms with E-state index < -0.39 is 4.92 Å². The minimum Gasteiger partial charge on any atom is -0.258 e. The molecule has 1 aromatic rings. The average molecular weight is 162 g/mol. The number of hydrogen-bond donors (Lipinski definition) is 0. The summed E-state index contributed by atoms with van der Waals surface area (Å²) >= 11 is 0. The van der Waals surface area contributed by atoms with Crippen LogP contribution in [-0.4, -0.2) is 9.91 Å². The lowest BCUT2D eigenvalue weighted by Crippen LogP contribution is -1.95. The Labute approximate surface area is 69.4 Å². The molecule has 0 amide bonds. The van der Waals surface area contributed by atoms with Gasteiger partial charge in [0.25, 0.3) is 0 Å². The number of aryl methyl sites for hydroxylation is 1. The Bertz CT molecular complexity index is 366. The summed E-state index contributed by atoms with van der Waals surface area (Å²) in [4.78, 5) is 13.6. The van der Waals surface area contributed by atoms with Gasteiger partial charge in [0.05, 0.1) is 4.92 Å². The molecular formula is C8H6N2O2. The molecular weight excluding hydrogens is 156 g/mol. The lowest BCUT2D eigenvalue weighted by Gasteiger charge is -1.95. The van der Waals surface area contributed by atoms with Crippen LogP contribution in [0, 0.1) is 29.4 Å². The second-order valence-electron chi connectivity index (χ2n) is 2.28. The van der Waals surface area contributed by atoms with Crippen molar-refractivity contribution in [2.75, 3.05) is 0 Å². The van der Waals surface area contributed by atoms with Crippen LogP contribution < -0.4 is 0 Å². The van der Waals surface area contributed by atoms with E-state index in [2.05, 4.69) is 10.9 Å². The smallest absolute Gasteiger partial charge is 0.258 e. The van der Waals surface area contributed by atoms with E-state index in [0.29, 0.717) is 0 Å². The zero-order valence-electron chi connectivity index (χ0n) is 6.44. The molecule has 4 nitrogen and oxygen atoms in total. The maximum Gasteiger partial charge on any atom is 0.303 e. The normalized spacial score (nSPS) is 9.00. The molecule has 0 N–H and O–H groups in total. The van der Waals surface area contributed by atoms with Gasteiger partial charge in [-0.1, -0.05) is 0 Å². The van der Waals surface area contributed by atoms with Crippen molar-refractivity contribution in [1.29, 1.82) is 0 Å². The fraction of sp³-hybridized carbons (Fsp3) is 0.125. The monoisotopic (exact) mass is 162 g/mol. The van der Waals surface area contributed by atoms with Crippen molar-refractivity contribution in [3.8, 4) is 12.3 Å². The van der Waals surface area contributed by atoms with Gasteiger partial charge in [0.1, 0.15) is 0 Å². The molecule has 0 saturated carbocycles. The SMILES string of the molecule is C#Cc1ncc(C)cc1[N+](=O)[O-]. The number of nitro groups is 1. The van der Waals surface area contributed by atoms with Gasteiger partial charge in [-0.15, -0.1) is 6.42 Å². The van der Waals surface area contributed by atoms with E-state index in [1.165, 1.54) is 12.3 Å². The molecule has 0 unspecified atom stereocenters. The minimum atomic E-state index is -0.533. The van der Waals surface area contributed by atoms with E-state index in [1.54, 1.807) is 6.92 Å². The van der Waals surface area contributed by atoms with Gasteiger partial charge in [-0.05, 0) is 18.4 Å². The lowest BCUT2D eigenvalue weighted by molar-refractivity contribution is -0.385.